The molecule has 0 aliphatic rings. The summed E-state index contributed by atoms with van der Waals surface area (Å²) in [6.45, 7) is 0. The van der Waals surface area contributed by atoms with E-state index >= 15 is 0 Å². The molecule has 0 amide bonds. The van der Waals surface area contributed by atoms with Crippen molar-refractivity contribution in [1.82, 2.24) is 0 Å². The molecule has 0 atom stereocenters. The SMILES string of the molecule is OC#CC#CC#Cc1ccccc1. The van der Waals surface area contributed by atoms with Crippen LogP contribution in [0.4, 0.5) is 0 Å². The van der Waals surface area contributed by atoms with Gasteiger partial charge in [-0.25, -0.2) is 0 Å². The molecule has 0 radical (unpaired) electrons. The van der Waals surface area contributed by atoms with Crippen LogP contribution in [0.1, 0.15) is 5.56 Å². The predicted molar refractivity (Wildman–Crippen MR) is 50.8 cm³/mol. The summed E-state index contributed by atoms with van der Waals surface area (Å²) in [6.07, 6.45) is 1.67. The van der Waals surface area contributed by atoms with Gasteiger partial charge in [0.1, 0.15) is 6.11 Å². The van der Waals surface area contributed by atoms with Crippen molar-refractivity contribution in [2.24, 2.45) is 0 Å². The lowest BCUT2D eigenvalue weighted by atomic mass is 10.2. The summed E-state index contributed by atoms with van der Waals surface area (Å²) in [7, 11) is 0. The van der Waals surface area contributed by atoms with E-state index in [0.717, 1.165) is 5.56 Å². The third-order valence-electron chi connectivity index (χ3n) is 1.22. The van der Waals surface area contributed by atoms with E-state index in [1.54, 1.807) is 6.11 Å². The van der Waals surface area contributed by atoms with Crippen LogP contribution in [0.15, 0.2) is 30.3 Å². The number of rotatable bonds is 0. The Hall–Kier alpha value is -2.30. The van der Waals surface area contributed by atoms with Crippen LogP contribution in [-0.2, 0) is 0 Å². The fraction of sp³-hybridized carbons (Fsp3) is 0. The van der Waals surface area contributed by atoms with Gasteiger partial charge in [-0.15, -0.1) is 0 Å². The minimum atomic E-state index is 0.911. The number of hydrogen-bond acceptors (Lipinski definition) is 1. The van der Waals surface area contributed by atoms with Crippen molar-refractivity contribution >= 4 is 0 Å². The Morgan fingerprint density at radius 1 is 0.846 bits per heavy atom. The standard InChI is InChI=1S/C12H6O/c13-11-7-2-1-4-8-12-9-5-3-6-10-12/h3,5-6,9-10,13H. The fourth-order valence-corrected chi connectivity index (χ4v) is 0.715. The molecule has 1 aromatic carbocycles. The van der Waals surface area contributed by atoms with Crippen molar-refractivity contribution in [2.75, 3.05) is 0 Å². The van der Waals surface area contributed by atoms with Gasteiger partial charge < -0.3 is 5.11 Å². The second-order valence-corrected chi connectivity index (χ2v) is 2.10. The van der Waals surface area contributed by atoms with Crippen molar-refractivity contribution < 1.29 is 5.11 Å². The molecule has 1 aromatic rings. The van der Waals surface area contributed by atoms with Gasteiger partial charge >= 0.3 is 0 Å². The van der Waals surface area contributed by atoms with Crippen molar-refractivity contribution in [1.29, 1.82) is 0 Å². The lowest BCUT2D eigenvalue weighted by Crippen LogP contribution is -1.68. The lowest BCUT2D eigenvalue weighted by molar-refractivity contribution is 0.517. The zero-order chi connectivity index (χ0) is 9.36. The normalized spacial score (nSPS) is 6.46. The molecule has 13 heavy (non-hydrogen) atoms. The molecular formula is C12H6O. The molecule has 0 aromatic heterocycles. The number of hydrogen-bond donors (Lipinski definition) is 1. The van der Waals surface area contributed by atoms with Crippen LogP contribution in [0.25, 0.3) is 0 Å². The van der Waals surface area contributed by atoms with Crippen molar-refractivity contribution in [3.63, 3.8) is 0 Å². The molecule has 0 saturated carbocycles. The molecule has 0 fully saturated rings. The Labute approximate surface area is 77.4 Å². The fourth-order valence-electron chi connectivity index (χ4n) is 0.715. The zero-order valence-corrected chi connectivity index (χ0v) is 6.83. The highest BCUT2D eigenvalue weighted by molar-refractivity contribution is 5.42. The van der Waals surface area contributed by atoms with Gasteiger partial charge in [0.25, 0.3) is 0 Å². The average molecular weight is 166 g/mol. The molecule has 0 saturated heterocycles. The number of aliphatic hydroxyl groups excluding tert-OH is 1. The van der Waals surface area contributed by atoms with Crippen LogP contribution < -0.4 is 0 Å². The maximum atomic E-state index is 8.07. The van der Waals surface area contributed by atoms with E-state index in [1.807, 2.05) is 30.3 Å². The van der Waals surface area contributed by atoms with Crippen LogP contribution in [0, 0.1) is 35.7 Å². The Morgan fingerprint density at radius 3 is 2.23 bits per heavy atom. The maximum Gasteiger partial charge on any atom is 0.122 e. The number of aliphatic hydroxyl groups is 1. The highest BCUT2D eigenvalue weighted by Crippen LogP contribution is 1.93. The molecule has 1 nitrogen and oxygen atoms in total. The quantitative estimate of drug-likeness (QED) is 0.577. The first-order valence-electron chi connectivity index (χ1n) is 3.63. The highest BCUT2D eigenvalue weighted by atomic mass is 16.2. The van der Waals surface area contributed by atoms with E-state index in [2.05, 4.69) is 29.6 Å². The minimum absolute atomic E-state index is 0.911. The first-order valence-corrected chi connectivity index (χ1v) is 3.63. The summed E-state index contributed by atoms with van der Waals surface area (Å²) >= 11 is 0. The van der Waals surface area contributed by atoms with Crippen LogP contribution in [0.2, 0.25) is 0 Å². The van der Waals surface area contributed by atoms with Gasteiger partial charge in [-0.05, 0) is 24.0 Å². The minimum Gasteiger partial charge on any atom is -0.461 e. The van der Waals surface area contributed by atoms with Crippen molar-refractivity contribution in [3.8, 4) is 35.7 Å². The molecule has 1 heteroatoms. The molecule has 0 aliphatic carbocycles. The van der Waals surface area contributed by atoms with Crippen molar-refractivity contribution in [2.45, 2.75) is 0 Å². The van der Waals surface area contributed by atoms with Crippen molar-refractivity contribution in [3.05, 3.63) is 35.9 Å². The Balaban J connectivity index is 2.69. The van der Waals surface area contributed by atoms with Crippen LogP contribution in [-0.4, -0.2) is 5.11 Å². The second kappa shape index (κ2) is 5.36. The maximum absolute atomic E-state index is 8.07. The molecule has 0 unspecified atom stereocenters. The third-order valence-corrected chi connectivity index (χ3v) is 1.22. The van der Waals surface area contributed by atoms with E-state index < -0.39 is 0 Å². The van der Waals surface area contributed by atoms with Gasteiger partial charge in [-0.3, -0.25) is 0 Å². The zero-order valence-electron chi connectivity index (χ0n) is 6.83. The molecule has 1 rings (SSSR count). The van der Waals surface area contributed by atoms with Crippen LogP contribution in [0.5, 0.6) is 0 Å². The highest BCUT2D eigenvalue weighted by Gasteiger charge is 1.78. The lowest BCUT2D eigenvalue weighted by Gasteiger charge is -1.83. The van der Waals surface area contributed by atoms with Gasteiger partial charge in [0.2, 0.25) is 0 Å². The van der Waals surface area contributed by atoms with E-state index in [4.69, 9.17) is 5.11 Å². The summed E-state index contributed by atoms with van der Waals surface area (Å²) in [5.41, 5.74) is 0.911. The summed E-state index contributed by atoms with van der Waals surface area (Å²) in [5, 5.41) is 8.07. The molecule has 0 spiro atoms. The predicted octanol–water partition coefficient (Wildman–Crippen LogP) is 1.37. The van der Waals surface area contributed by atoms with Gasteiger partial charge in [0.05, 0.1) is 0 Å². The van der Waals surface area contributed by atoms with E-state index in [-0.39, 0.29) is 0 Å². The molecular weight excluding hydrogens is 160 g/mol. The first-order chi connectivity index (χ1) is 6.43. The second-order valence-electron chi connectivity index (χ2n) is 2.10. The average Bonchev–Trinajstić information content (AvgIpc) is 2.19. The van der Waals surface area contributed by atoms with E-state index in [1.165, 1.54) is 0 Å². The van der Waals surface area contributed by atoms with Crippen LogP contribution >= 0.6 is 0 Å². The monoisotopic (exact) mass is 166 g/mol. The molecule has 1 N–H and O–H groups in total. The molecule has 60 valence electrons. The summed E-state index contributed by atoms with van der Waals surface area (Å²) < 4.78 is 0. The largest absolute Gasteiger partial charge is 0.461 e. The van der Waals surface area contributed by atoms with Gasteiger partial charge in [0.15, 0.2) is 0 Å². The number of benzene rings is 1. The molecule has 0 heterocycles. The van der Waals surface area contributed by atoms with E-state index in [9.17, 15) is 0 Å². The van der Waals surface area contributed by atoms with Gasteiger partial charge in [-0.2, -0.15) is 0 Å². The Bertz CT molecular complexity index is 438. The Kier molecular flexibility index (Phi) is 3.63. The smallest absolute Gasteiger partial charge is 0.122 e. The van der Waals surface area contributed by atoms with Gasteiger partial charge in [-0.1, -0.05) is 24.1 Å². The molecule has 0 aliphatic heterocycles. The van der Waals surface area contributed by atoms with Gasteiger partial charge in [0, 0.05) is 17.4 Å². The third kappa shape index (κ3) is 3.57. The van der Waals surface area contributed by atoms with E-state index in [0.29, 0.717) is 0 Å². The molecule has 0 bridgehead atoms. The van der Waals surface area contributed by atoms with Crippen LogP contribution in [0.3, 0.4) is 0 Å². The topological polar surface area (TPSA) is 20.2 Å². The Morgan fingerprint density at radius 2 is 1.54 bits per heavy atom. The summed E-state index contributed by atoms with van der Waals surface area (Å²) in [6, 6.07) is 9.53. The first kappa shape index (κ1) is 8.79. The summed E-state index contributed by atoms with van der Waals surface area (Å²) in [5.74, 6) is 12.5. The summed E-state index contributed by atoms with van der Waals surface area (Å²) in [4.78, 5) is 0.